The Balaban J connectivity index is 0.000000254. The van der Waals surface area contributed by atoms with Crippen LogP contribution in [0.5, 0.6) is 0 Å². The fourth-order valence-electron chi connectivity index (χ4n) is 3.59. The average molecular weight is 525 g/mol. The van der Waals surface area contributed by atoms with Crippen LogP contribution in [0.4, 0.5) is 0 Å². The second-order valence-electron chi connectivity index (χ2n) is 7.01. The first-order valence-corrected chi connectivity index (χ1v) is 10.3. The van der Waals surface area contributed by atoms with Gasteiger partial charge >= 0.3 is 26.2 Å². The minimum atomic E-state index is 0. The summed E-state index contributed by atoms with van der Waals surface area (Å²) in [7, 11) is 0. The summed E-state index contributed by atoms with van der Waals surface area (Å²) in [4.78, 5) is 2.81. The van der Waals surface area contributed by atoms with Crippen LogP contribution in [0.2, 0.25) is 0 Å². The van der Waals surface area contributed by atoms with Crippen molar-refractivity contribution in [3.05, 3.63) is 72.6 Å². The number of allylic oxidation sites excluding steroid dienone is 2. The molecule has 0 spiro atoms. The van der Waals surface area contributed by atoms with Gasteiger partial charge in [0.2, 0.25) is 0 Å². The summed E-state index contributed by atoms with van der Waals surface area (Å²) in [6.45, 7) is 10.8. The standard InChI is InChI=1S/C12H13.C11H9S2.2ClH.Zr/c1-8-6-11-9(2)4-5-10(3)12(11)7-8;1-6-3-8-9-4-7(2)13-11(9)5-10(8)12-6;;;/h4-7H,1-3H3;3-4,10H,1-2H3;2*1H;/q2*-1;;;+4/p-2. The Kier molecular flexibility index (Phi) is 9.44. The van der Waals surface area contributed by atoms with E-state index in [9.17, 15) is 0 Å². The Morgan fingerprint density at radius 1 is 0.964 bits per heavy atom. The van der Waals surface area contributed by atoms with Crippen molar-refractivity contribution in [1.29, 1.82) is 0 Å². The first-order valence-electron chi connectivity index (χ1n) is 8.65. The number of fused-ring (bicyclic) bond motifs is 3. The molecule has 0 nitrogen and oxygen atoms in total. The van der Waals surface area contributed by atoms with Crippen LogP contribution in [-0.2, 0) is 26.2 Å². The molecule has 0 saturated heterocycles. The van der Waals surface area contributed by atoms with Crippen molar-refractivity contribution in [2.24, 2.45) is 0 Å². The number of halogens is 2. The Bertz CT molecular complexity index is 1100. The number of hydrogen-bond acceptors (Lipinski definition) is 2. The van der Waals surface area contributed by atoms with Crippen molar-refractivity contribution in [3.8, 4) is 0 Å². The predicted molar refractivity (Wildman–Crippen MR) is 114 cm³/mol. The second kappa shape index (κ2) is 10.2. The summed E-state index contributed by atoms with van der Waals surface area (Å²) in [5, 5.41) is 4.75. The molecular formula is C23H22Cl2S2Zr. The minimum Gasteiger partial charge on any atom is -1.00 e. The quantitative estimate of drug-likeness (QED) is 0.354. The van der Waals surface area contributed by atoms with Crippen molar-refractivity contribution >= 4 is 45.5 Å². The molecule has 2 aliphatic rings. The number of rotatable bonds is 0. The van der Waals surface area contributed by atoms with Crippen molar-refractivity contribution in [2.75, 3.05) is 0 Å². The number of thioether (sulfide) groups is 1. The van der Waals surface area contributed by atoms with E-state index in [1.807, 2.05) is 23.1 Å². The normalized spacial score (nSPS) is 15.8. The number of thiophene rings is 1. The molecule has 2 aromatic carbocycles. The zero-order chi connectivity index (χ0) is 17.7. The van der Waals surface area contributed by atoms with Gasteiger partial charge in [-0.1, -0.05) is 31.6 Å². The fraction of sp³-hybridized carbons (Fsp3) is 0.261. The molecular weight excluding hydrogens is 503 g/mol. The second-order valence-corrected chi connectivity index (χ2v) is 9.62. The molecule has 0 N–H and O–H groups in total. The maximum Gasteiger partial charge on any atom is 4.00 e. The van der Waals surface area contributed by atoms with E-state index in [2.05, 4.69) is 77.1 Å². The van der Waals surface area contributed by atoms with Crippen LogP contribution in [0.1, 0.15) is 28.5 Å². The van der Waals surface area contributed by atoms with Crippen LogP contribution in [0.15, 0.2) is 41.3 Å². The first kappa shape index (κ1) is 25.9. The van der Waals surface area contributed by atoms with Gasteiger partial charge in [-0.25, -0.2) is 6.08 Å². The van der Waals surface area contributed by atoms with Crippen LogP contribution >= 0.6 is 23.1 Å². The van der Waals surface area contributed by atoms with Crippen LogP contribution in [0, 0.1) is 27.7 Å². The Morgan fingerprint density at radius 3 is 2.32 bits per heavy atom. The van der Waals surface area contributed by atoms with E-state index in [1.165, 1.54) is 52.6 Å². The molecule has 1 unspecified atom stereocenters. The van der Waals surface area contributed by atoms with Gasteiger partial charge in [0.05, 0.1) is 0 Å². The molecule has 0 amide bonds. The molecule has 1 aliphatic carbocycles. The summed E-state index contributed by atoms with van der Waals surface area (Å²) >= 11 is 3.78. The third kappa shape index (κ3) is 4.93. The van der Waals surface area contributed by atoms with Crippen LogP contribution < -0.4 is 34.6 Å². The number of benzene rings is 1. The molecule has 1 atom stereocenters. The molecule has 3 aromatic rings. The molecule has 1 aliphatic heterocycles. The van der Waals surface area contributed by atoms with Crippen molar-refractivity contribution in [1.82, 2.24) is 0 Å². The molecule has 28 heavy (non-hydrogen) atoms. The maximum absolute atomic E-state index is 3.54. The van der Waals surface area contributed by atoms with Gasteiger partial charge in [-0.05, 0) is 35.8 Å². The SMILES string of the molecule is CC1=CC2=c3cc(C)sc3=[C-]C2S1.Cc1cc2c(C)ccc(C)c2[cH-]1.[Cl-].[Cl-].[Zr+4]. The van der Waals surface area contributed by atoms with Crippen LogP contribution in [-0.4, -0.2) is 5.25 Å². The summed E-state index contributed by atoms with van der Waals surface area (Å²) in [5.41, 5.74) is 5.59. The maximum atomic E-state index is 3.54. The third-order valence-electron chi connectivity index (χ3n) is 4.84. The molecule has 0 radical (unpaired) electrons. The van der Waals surface area contributed by atoms with E-state index in [4.69, 9.17) is 0 Å². The van der Waals surface area contributed by atoms with Crippen molar-refractivity contribution in [2.45, 2.75) is 39.9 Å². The summed E-state index contributed by atoms with van der Waals surface area (Å²) in [6, 6.07) is 11.2. The Labute approximate surface area is 207 Å². The molecule has 144 valence electrons. The predicted octanol–water partition coefficient (Wildman–Crippen LogP) is -0.613. The Morgan fingerprint density at radius 2 is 1.64 bits per heavy atom. The van der Waals surface area contributed by atoms with E-state index in [0.717, 1.165) is 0 Å². The molecule has 2 heterocycles. The Hall–Kier alpha value is -0.177. The zero-order valence-corrected chi connectivity index (χ0v) is 22.2. The third-order valence-corrected chi connectivity index (χ3v) is 6.92. The van der Waals surface area contributed by atoms with Gasteiger partial charge in [-0.3, -0.25) is 0 Å². The van der Waals surface area contributed by atoms with Crippen LogP contribution in [0.25, 0.3) is 22.4 Å². The summed E-state index contributed by atoms with van der Waals surface area (Å²) in [5.74, 6) is 0. The van der Waals surface area contributed by atoms with Gasteiger partial charge in [0.1, 0.15) is 0 Å². The summed E-state index contributed by atoms with van der Waals surface area (Å²) < 4.78 is 1.36. The number of aryl methyl sites for hydroxylation is 4. The van der Waals surface area contributed by atoms with Crippen LogP contribution in [0.3, 0.4) is 0 Å². The molecule has 5 heteroatoms. The monoisotopic (exact) mass is 522 g/mol. The van der Waals surface area contributed by atoms with Crippen molar-refractivity contribution < 1.29 is 51.0 Å². The smallest absolute Gasteiger partial charge is 1.00 e. The number of hydrogen-bond donors (Lipinski definition) is 0. The topological polar surface area (TPSA) is 0 Å². The van der Waals surface area contributed by atoms with E-state index in [1.54, 1.807) is 0 Å². The van der Waals surface area contributed by atoms with Gasteiger partial charge in [0.15, 0.2) is 0 Å². The van der Waals surface area contributed by atoms with E-state index in [-0.39, 0.29) is 51.0 Å². The molecule has 0 saturated carbocycles. The van der Waals surface area contributed by atoms with Gasteiger partial charge < -0.3 is 24.8 Å². The molecule has 0 bridgehead atoms. The zero-order valence-electron chi connectivity index (χ0n) is 16.6. The minimum absolute atomic E-state index is 0. The largest absolute Gasteiger partial charge is 4.00 e. The van der Waals surface area contributed by atoms with Gasteiger partial charge in [0.25, 0.3) is 0 Å². The molecule has 5 rings (SSSR count). The fourth-order valence-corrected chi connectivity index (χ4v) is 5.70. The molecule has 0 fully saturated rings. The van der Waals surface area contributed by atoms with Gasteiger partial charge in [-0.2, -0.15) is 22.6 Å². The van der Waals surface area contributed by atoms with E-state index in [0.29, 0.717) is 5.25 Å². The summed E-state index contributed by atoms with van der Waals surface area (Å²) in [6.07, 6.45) is 5.85. The van der Waals surface area contributed by atoms with Gasteiger partial charge in [-0.15, -0.1) is 62.0 Å². The van der Waals surface area contributed by atoms with E-state index < -0.39 is 0 Å². The van der Waals surface area contributed by atoms with E-state index >= 15 is 0 Å². The average Bonchev–Trinajstić information content (AvgIpc) is 3.25. The first-order chi connectivity index (χ1) is 11.9. The molecule has 1 aromatic heterocycles. The van der Waals surface area contributed by atoms with Gasteiger partial charge in [0, 0.05) is 0 Å². The van der Waals surface area contributed by atoms with Crippen molar-refractivity contribution in [3.63, 3.8) is 0 Å².